The van der Waals surface area contributed by atoms with Gasteiger partial charge in [0.15, 0.2) is 0 Å². The molecule has 2 heterocycles. The molecule has 2 aromatic rings. The van der Waals surface area contributed by atoms with Gasteiger partial charge >= 0.3 is 0 Å². The van der Waals surface area contributed by atoms with Crippen LogP contribution in [0.4, 0.5) is 5.69 Å². The molecule has 0 spiro atoms. The number of hydrogen-bond acceptors (Lipinski definition) is 3. The second-order valence-electron chi connectivity index (χ2n) is 4.88. The van der Waals surface area contributed by atoms with Crippen molar-refractivity contribution in [1.82, 2.24) is 19.6 Å². The minimum Gasteiger partial charge on any atom is -0.321 e. The van der Waals surface area contributed by atoms with E-state index in [0.29, 0.717) is 5.69 Å². The van der Waals surface area contributed by atoms with E-state index >= 15 is 0 Å². The number of hydrogen-bond donors (Lipinski definition) is 1. The van der Waals surface area contributed by atoms with Crippen molar-refractivity contribution < 1.29 is 4.79 Å². The maximum atomic E-state index is 12.4. The average Bonchev–Trinajstić information content (AvgIpc) is 2.90. The average molecular weight is 326 g/mol. The maximum Gasteiger partial charge on any atom is 0.251 e. The Balaban J connectivity index is 2.22. The van der Waals surface area contributed by atoms with Crippen LogP contribution in [0.25, 0.3) is 0 Å². The number of nitrogens with zero attached hydrogens (tertiary/aromatic N) is 4. The summed E-state index contributed by atoms with van der Waals surface area (Å²) in [6.45, 7) is 5.53. The van der Waals surface area contributed by atoms with Crippen molar-refractivity contribution in [2.75, 3.05) is 5.32 Å². The van der Waals surface area contributed by atoms with Crippen LogP contribution >= 0.6 is 15.9 Å². The second kappa shape index (κ2) is 4.80. The SMILES string of the molecule is Cc1c(NC(=O)C(C)(C)n2cc(Br)cn2)cnn1C. The lowest BCUT2D eigenvalue weighted by atomic mass is 10.1. The van der Waals surface area contributed by atoms with Crippen LogP contribution in [-0.2, 0) is 17.4 Å². The molecule has 2 rings (SSSR count). The first-order valence-electron chi connectivity index (χ1n) is 5.83. The van der Waals surface area contributed by atoms with Gasteiger partial charge in [-0.25, -0.2) is 0 Å². The highest BCUT2D eigenvalue weighted by molar-refractivity contribution is 9.10. The van der Waals surface area contributed by atoms with Crippen LogP contribution in [0.2, 0.25) is 0 Å². The van der Waals surface area contributed by atoms with E-state index in [1.165, 1.54) is 0 Å². The molecule has 19 heavy (non-hydrogen) atoms. The molecule has 0 aliphatic carbocycles. The van der Waals surface area contributed by atoms with E-state index < -0.39 is 5.54 Å². The molecule has 0 aliphatic rings. The van der Waals surface area contributed by atoms with Gasteiger partial charge in [0.2, 0.25) is 0 Å². The Morgan fingerprint density at radius 3 is 2.53 bits per heavy atom. The largest absolute Gasteiger partial charge is 0.321 e. The number of nitrogens with one attached hydrogen (secondary N) is 1. The van der Waals surface area contributed by atoms with Gasteiger partial charge in [-0.1, -0.05) is 0 Å². The predicted octanol–water partition coefficient (Wildman–Crippen LogP) is 2.06. The Hall–Kier alpha value is -1.63. The van der Waals surface area contributed by atoms with Gasteiger partial charge in [0, 0.05) is 13.2 Å². The molecule has 0 aliphatic heterocycles. The summed E-state index contributed by atoms with van der Waals surface area (Å²) in [5.74, 6) is -0.140. The number of aromatic nitrogens is 4. The highest BCUT2D eigenvalue weighted by Gasteiger charge is 2.31. The number of halogens is 1. The van der Waals surface area contributed by atoms with Crippen molar-refractivity contribution in [3.63, 3.8) is 0 Å². The summed E-state index contributed by atoms with van der Waals surface area (Å²) in [6.07, 6.45) is 5.07. The Morgan fingerprint density at radius 1 is 1.37 bits per heavy atom. The molecule has 0 radical (unpaired) electrons. The Kier molecular flexibility index (Phi) is 3.49. The minimum absolute atomic E-state index is 0.140. The molecule has 0 aromatic carbocycles. The van der Waals surface area contributed by atoms with Crippen LogP contribution in [-0.4, -0.2) is 25.5 Å². The monoisotopic (exact) mass is 325 g/mol. The van der Waals surface area contributed by atoms with Gasteiger partial charge in [0.25, 0.3) is 5.91 Å². The zero-order valence-corrected chi connectivity index (χ0v) is 12.9. The predicted molar refractivity (Wildman–Crippen MR) is 75.8 cm³/mol. The molecular weight excluding hydrogens is 310 g/mol. The first kappa shape index (κ1) is 13.8. The normalized spacial score (nSPS) is 11.6. The molecule has 7 heteroatoms. The summed E-state index contributed by atoms with van der Waals surface area (Å²) in [4.78, 5) is 12.4. The fourth-order valence-corrected chi connectivity index (χ4v) is 1.89. The molecule has 0 saturated carbocycles. The first-order valence-corrected chi connectivity index (χ1v) is 6.62. The zero-order valence-electron chi connectivity index (χ0n) is 11.3. The molecule has 2 aromatic heterocycles. The lowest BCUT2D eigenvalue weighted by Gasteiger charge is -2.24. The molecule has 1 amide bonds. The van der Waals surface area contributed by atoms with E-state index in [2.05, 4.69) is 31.4 Å². The van der Waals surface area contributed by atoms with Gasteiger partial charge in [-0.3, -0.25) is 14.2 Å². The highest BCUT2D eigenvalue weighted by atomic mass is 79.9. The van der Waals surface area contributed by atoms with E-state index in [9.17, 15) is 4.79 Å². The second-order valence-corrected chi connectivity index (χ2v) is 5.80. The van der Waals surface area contributed by atoms with Crippen molar-refractivity contribution in [1.29, 1.82) is 0 Å². The molecule has 0 unspecified atom stereocenters. The van der Waals surface area contributed by atoms with Gasteiger partial charge in [0.1, 0.15) is 5.54 Å². The Labute approximate surface area is 119 Å². The number of rotatable bonds is 3. The molecule has 102 valence electrons. The summed E-state index contributed by atoms with van der Waals surface area (Å²) in [7, 11) is 1.83. The molecule has 0 saturated heterocycles. The molecule has 1 N–H and O–H groups in total. The number of anilines is 1. The number of amides is 1. The summed E-state index contributed by atoms with van der Waals surface area (Å²) >= 11 is 3.33. The van der Waals surface area contributed by atoms with Crippen molar-refractivity contribution in [3.05, 3.63) is 28.8 Å². The summed E-state index contributed by atoms with van der Waals surface area (Å²) in [5.41, 5.74) is 0.839. The van der Waals surface area contributed by atoms with E-state index in [4.69, 9.17) is 0 Å². The van der Waals surface area contributed by atoms with Crippen molar-refractivity contribution >= 4 is 27.5 Å². The third-order valence-corrected chi connectivity index (χ3v) is 3.57. The van der Waals surface area contributed by atoms with Crippen molar-refractivity contribution in [2.45, 2.75) is 26.3 Å². The van der Waals surface area contributed by atoms with Gasteiger partial charge in [-0.2, -0.15) is 10.2 Å². The fraction of sp³-hybridized carbons (Fsp3) is 0.417. The molecular formula is C12H16BrN5O. The highest BCUT2D eigenvalue weighted by Crippen LogP contribution is 2.21. The van der Waals surface area contributed by atoms with Gasteiger partial charge in [-0.15, -0.1) is 0 Å². The third kappa shape index (κ3) is 2.56. The lowest BCUT2D eigenvalue weighted by molar-refractivity contribution is -0.123. The summed E-state index contributed by atoms with van der Waals surface area (Å²) < 4.78 is 4.18. The standard InChI is InChI=1S/C12H16BrN5O/c1-8-10(6-14-17(8)4)16-11(19)12(2,3)18-7-9(13)5-15-18/h5-7H,1-4H3,(H,16,19). The van der Waals surface area contributed by atoms with Crippen LogP contribution < -0.4 is 5.32 Å². The smallest absolute Gasteiger partial charge is 0.251 e. The van der Waals surface area contributed by atoms with Crippen LogP contribution in [0.15, 0.2) is 23.1 Å². The number of aryl methyl sites for hydroxylation is 1. The van der Waals surface area contributed by atoms with Crippen molar-refractivity contribution in [3.8, 4) is 0 Å². The zero-order chi connectivity index (χ0) is 14.2. The number of carbonyl (C=O) groups is 1. The summed E-state index contributed by atoms with van der Waals surface area (Å²) in [6, 6.07) is 0. The molecule has 0 fully saturated rings. The minimum atomic E-state index is -0.783. The number of carbonyl (C=O) groups excluding carboxylic acids is 1. The van der Waals surface area contributed by atoms with Crippen LogP contribution in [0.5, 0.6) is 0 Å². The quantitative estimate of drug-likeness (QED) is 0.939. The van der Waals surface area contributed by atoms with Crippen LogP contribution in [0.3, 0.4) is 0 Å². The summed E-state index contributed by atoms with van der Waals surface area (Å²) in [5, 5.41) is 11.1. The van der Waals surface area contributed by atoms with E-state index in [-0.39, 0.29) is 5.91 Å². The maximum absolute atomic E-state index is 12.4. The van der Waals surface area contributed by atoms with E-state index in [1.54, 1.807) is 28.0 Å². The first-order chi connectivity index (χ1) is 8.82. The molecule has 0 atom stereocenters. The third-order valence-electron chi connectivity index (χ3n) is 3.16. The molecule has 6 nitrogen and oxygen atoms in total. The van der Waals surface area contributed by atoms with Gasteiger partial charge < -0.3 is 5.32 Å². The van der Waals surface area contributed by atoms with Crippen LogP contribution in [0, 0.1) is 6.92 Å². The van der Waals surface area contributed by atoms with Crippen LogP contribution in [0.1, 0.15) is 19.5 Å². The van der Waals surface area contributed by atoms with E-state index in [0.717, 1.165) is 10.2 Å². The Bertz CT molecular complexity index is 613. The Morgan fingerprint density at radius 2 is 2.05 bits per heavy atom. The van der Waals surface area contributed by atoms with Gasteiger partial charge in [-0.05, 0) is 36.7 Å². The van der Waals surface area contributed by atoms with Crippen molar-refractivity contribution in [2.24, 2.45) is 7.05 Å². The topological polar surface area (TPSA) is 64.7 Å². The fourth-order valence-electron chi connectivity index (χ4n) is 1.61. The lowest BCUT2D eigenvalue weighted by Crippen LogP contribution is -2.40. The van der Waals surface area contributed by atoms with E-state index in [1.807, 2.05) is 27.8 Å². The molecule has 0 bridgehead atoms. The van der Waals surface area contributed by atoms with Gasteiger partial charge in [0.05, 0.1) is 28.2 Å².